The van der Waals surface area contributed by atoms with Crippen LogP contribution in [-0.4, -0.2) is 35.5 Å². The zero-order chi connectivity index (χ0) is 18.7. The minimum Gasteiger partial charge on any atom is -0.323 e. The van der Waals surface area contributed by atoms with Gasteiger partial charge in [-0.25, -0.2) is 9.18 Å². The van der Waals surface area contributed by atoms with Crippen molar-refractivity contribution in [1.82, 2.24) is 15.5 Å². The van der Waals surface area contributed by atoms with Crippen molar-refractivity contribution in [2.24, 2.45) is 11.8 Å². The zero-order valence-electron chi connectivity index (χ0n) is 15.6. The molecule has 5 nitrogen and oxygen atoms in total. The fraction of sp³-hybridized carbons (Fsp3) is 0.600. The van der Waals surface area contributed by atoms with E-state index in [9.17, 15) is 14.0 Å². The Kier molecular flexibility index (Phi) is 5.61. The molecule has 1 atom stereocenters. The molecular weight excluding hydrogens is 333 g/mol. The van der Waals surface area contributed by atoms with Crippen LogP contribution < -0.4 is 10.6 Å². The van der Waals surface area contributed by atoms with Crippen LogP contribution in [0.4, 0.5) is 9.18 Å². The van der Waals surface area contributed by atoms with Crippen LogP contribution >= 0.6 is 0 Å². The summed E-state index contributed by atoms with van der Waals surface area (Å²) < 4.78 is 13.0. The molecule has 0 aromatic heterocycles. The Bertz CT molecular complexity index is 654. The van der Waals surface area contributed by atoms with Crippen LogP contribution in [0.25, 0.3) is 0 Å². The van der Waals surface area contributed by atoms with Gasteiger partial charge in [0.2, 0.25) is 0 Å². The summed E-state index contributed by atoms with van der Waals surface area (Å²) >= 11 is 0. The fourth-order valence-electron chi connectivity index (χ4n) is 4.12. The quantitative estimate of drug-likeness (QED) is 0.766. The van der Waals surface area contributed by atoms with Crippen LogP contribution in [0.5, 0.6) is 0 Å². The number of amides is 3. The van der Waals surface area contributed by atoms with E-state index >= 15 is 0 Å². The summed E-state index contributed by atoms with van der Waals surface area (Å²) in [5.74, 6) is 0.246. The smallest absolute Gasteiger partial charge is 0.322 e. The highest BCUT2D eigenvalue weighted by atomic mass is 19.1. The standard InChI is InChI=1S/C20H28FN3O2/c1-14(2)7-10-20(18(25)22-19(26)23-20)16-8-11-24(12-9-16)13-15-3-5-17(21)6-4-15/h3-6,14,16H,7-13H2,1-2H3,(H2,22,23,25,26)/t20-/m1/s1. The van der Waals surface area contributed by atoms with Crippen molar-refractivity contribution in [2.45, 2.75) is 51.6 Å². The van der Waals surface area contributed by atoms with Gasteiger partial charge in [-0.2, -0.15) is 0 Å². The number of halogens is 1. The first kappa shape index (κ1) is 18.8. The molecule has 3 rings (SSSR count). The molecule has 0 saturated carbocycles. The number of benzene rings is 1. The Balaban J connectivity index is 1.63. The van der Waals surface area contributed by atoms with Crippen molar-refractivity contribution in [3.05, 3.63) is 35.6 Å². The Morgan fingerprint density at radius 1 is 1.19 bits per heavy atom. The van der Waals surface area contributed by atoms with Crippen LogP contribution in [0.15, 0.2) is 24.3 Å². The SMILES string of the molecule is CC(C)CC[C@]1(C2CCN(Cc3ccc(F)cc3)CC2)NC(=O)NC1=O. The van der Waals surface area contributed by atoms with E-state index in [1.165, 1.54) is 12.1 Å². The van der Waals surface area contributed by atoms with Gasteiger partial charge in [-0.05, 0) is 68.3 Å². The lowest BCUT2D eigenvalue weighted by atomic mass is 9.74. The van der Waals surface area contributed by atoms with Crippen molar-refractivity contribution < 1.29 is 14.0 Å². The minimum atomic E-state index is -0.761. The van der Waals surface area contributed by atoms with Gasteiger partial charge in [-0.1, -0.05) is 26.0 Å². The van der Waals surface area contributed by atoms with E-state index in [0.29, 0.717) is 12.3 Å². The van der Waals surface area contributed by atoms with Gasteiger partial charge in [-0.3, -0.25) is 15.0 Å². The predicted molar refractivity (Wildman–Crippen MR) is 97.9 cm³/mol. The van der Waals surface area contributed by atoms with Gasteiger partial charge in [0.05, 0.1) is 0 Å². The number of hydrogen-bond donors (Lipinski definition) is 2. The first-order valence-electron chi connectivity index (χ1n) is 9.49. The molecule has 0 unspecified atom stereocenters. The summed E-state index contributed by atoms with van der Waals surface area (Å²) in [4.78, 5) is 26.7. The summed E-state index contributed by atoms with van der Waals surface area (Å²) in [6, 6.07) is 6.24. The molecule has 1 aromatic rings. The van der Waals surface area contributed by atoms with E-state index in [-0.39, 0.29) is 23.7 Å². The lowest BCUT2D eigenvalue weighted by Crippen LogP contribution is -2.56. The second-order valence-corrected chi connectivity index (χ2v) is 7.99. The maximum absolute atomic E-state index is 13.0. The molecule has 0 bridgehead atoms. The molecule has 3 amide bonds. The van der Waals surface area contributed by atoms with Crippen molar-refractivity contribution in [3.8, 4) is 0 Å². The summed E-state index contributed by atoms with van der Waals surface area (Å²) in [7, 11) is 0. The Hall–Kier alpha value is -1.95. The third-order valence-electron chi connectivity index (χ3n) is 5.69. The highest BCUT2D eigenvalue weighted by molar-refractivity contribution is 6.07. The van der Waals surface area contributed by atoms with Crippen LogP contribution in [-0.2, 0) is 11.3 Å². The number of carbonyl (C=O) groups excluding carboxylic acids is 2. The maximum Gasteiger partial charge on any atom is 0.322 e. The number of urea groups is 1. The molecule has 2 saturated heterocycles. The molecule has 2 heterocycles. The van der Waals surface area contributed by atoms with E-state index in [0.717, 1.165) is 44.5 Å². The molecule has 2 N–H and O–H groups in total. The Morgan fingerprint density at radius 2 is 1.85 bits per heavy atom. The highest BCUT2D eigenvalue weighted by Gasteiger charge is 2.51. The largest absolute Gasteiger partial charge is 0.323 e. The molecule has 0 radical (unpaired) electrons. The van der Waals surface area contributed by atoms with E-state index in [1.807, 2.05) is 12.1 Å². The number of hydrogen-bond acceptors (Lipinski definition) is 3. The molecular formula is C20H28FN3O2. The number of nitrogens with zero attached hydrogens (tertiary/aromatic N) is 1. The minimum absolute atomic E-state index is 0.150. The topological polar surface area (TPSA) is 61.4 Å². The van der Waals surface area contributed by atoms with Crippen LogP contribution in [0.3, 0.4) is 0 Å². The lowest BCUT2D eigenvalue weighted by molar-refractivity contribution is -0.127. The van der Waals surface area contributed by atoms with Gasteiger partial charge in [0, 0.05) is 6.54 Å². The van der Waals surface area contributed by atoms with Gasteiger partial charge in [0.15, 0.2) is 0 Å². The summed E-state index contributed by atoms with van der Waals surface area (Å²) in [6.45, 7) is 6.79. The lowest BCUT2D eigenvalue weighted by Gasteiger charge is -2.41. The number of piperidine rings is 1. The molecule has 2 fully saturated rings. The Morgan fingerprint density at radius 3 is 2.38 bits per heavy atom. The van der Waals surface area contributed by atoms with E-state index < -0.39 is 5.54 Å². The van der Waals surface area contributed by atoms with Gasteiger partial charge in [0.25, 0.3) is 5.91 Å². The average molecular weight is 361 g/mol. The number of likely N-dealkylation sites (tertiary alicyclic amines) is 1. The Labute approximate surface area is 154 Å². The van der Waals surface area contributed by atoms with Crippen molar-refractivity contribution in [2.75, 3.05) is 13.1 Å². The molecule has 6 heteroatoms. The summed E-state index contributed by atoms with van der Waals surface area (Å²) in [6.07, 6.45) is 3.33. The number of nitrogens with one attached hydrogen (secondary N) is 2. The van der Waals surface area contributed by atoms with Crippen LogP contribution in [0.2, 0.25) is 0 Å². The van der Waals surface area contributed by atoms with Gasteiger partial charge < -0.3 is 5.32 Å². The number of imide groups is 1. The van der Waals surface area contributed by atoms with Crippen molar-refractivity contribution in [1.29, 1.82) is 0 Å². The van der Waals surface area contributed by atoms with Gasteiger partial charge in [-0.15, -0.1) is 0 Å². The monoisotopic (exact) mass is 361 g/mol. The predicted octanol–water partition coefficient (Wildman–Crippen LogP) is 3.05. The van der Waals surface area contributed by atoms with E-state index in [2.05, 4.69) is 29.4 Å². The molecule has 142 valence electrons. The van der Waals surface area contributed by atoms with E-state index in [4.69, 9.17) is 0 Å². The summed E-state index contributed by atoms with van der Waals surface area (Å²) in [5.41, 5.74) is 0.329. The number of rotatable bonds is 6. The molecule has 1 aromatic carbocycles. The molecule has 2 aliphatic heterocycles. The van der Waals surface area contributed by atoms with Crippen LogP contribution in [0, 0.1) is 17.7 Å². The second kappa shape index (κ2) is 7.74. The van der Waals surface area contributed by atoms with E-state index in [1.54, 1.807) is 0 Å². The van der Waals surface area contributed by atoms with Crippen LogP contribution in [0.1, 0.15) is 45.1 Å². The zero-order valence-corrected chi connectivity index (χ0v) is 15.6. The first-order chi connectivity index (χ1) is 12.4. The number of carbonyl (C=O) groups is 2. The van der Waals surface area contributed by atoms with Gasteiger partial charge >= 0.3 is 6.03 Å². The third kappa shape index (κ3) is 4.06. The fourth-order valence-corrected chi connectivity index (χ4v) is 4.12. The average Bonchev–Trinajstić information content (AvgIpc) is 2.90. The summed E-state index contributed by atoms with van der Waals surface area (Å²) in [5, 5.41) is 5.40. The third-order valence-corrected chi connectivity index (χ3v) is 5.69. The second-order valence-electron chi connectivity index (χ2n) is 7.99. The highest BCUT2D eigenvalue weighted by Crippen LogP contribution is 2.35. The molecule has 0 aliphatic carbocycles. The molecule has 26 heavy (non-hydrogen) atoms. The molecule has 2 aliphatic rings. The van der Waals surface area contributed by atoms with Crippen molar-refractivity contribution >= 4 is 11.9 Å². The first-order valence-corrected chi connectivity index (χ1v) is 9.49. The normalized spacial score (nSPS) is 24.8. The van der Waals surface area contributed by atoms with Gasteiger partial charge in [0.1, 0.15) is 11.4 Å². The molecule has 0 spiro atoms. The maximum atomic E-state index is 13.0. The van der Waals surface area contributed by atoms with Crippen molar-refractivity contribution in [3.63, 3.8) is 0 Å².